The molecule has 0 bridgehead atoms. The molecule has 1 aromatic carbocycles. The summed E-state index contributed by atoms with van der Waals surface area (Å²) in [4.78, 5) is 0. The van der Waals surface area contributed by atoms with Crippen molar-refractivity contribution in [1.82, 2.24) is 0 Å². The number of hydrogen-bond acceptors (Lipinski definition) is 2. The van der Waals surface area contributed by atoms with E-state index in [9.17, 15) is 4.39 Å². The minimum Gasteiger partial charge on any atom is -0.330 e. The van der Waals surface area contributed by atoms with Crippen LogP contribution < -0.4 is 11.5 Å². The lowest BCUT2D eigenvalue weighted by Gasteiger charge is -2.14. The summed E-state index contributed by atoms with van der Waals surface area (Å²) < 4.78 is 13.6. The molecule has 0 amide bonds. The van der Waals surface area contributed by atoms with Crippen LogP contribution in [0.25, 0.3) is 0 Å². The first-order valence-electron chi connectivity index (χ1n) is 4.67. The Morgan fingerprint density at radius 2 is 1.81 bits per heavy atom. The highest BCUT2D eigenvalue weighted by Gasteiger charge is 2.17. The number of rotatable bonds is 4. The largest absolute Gasteiger partial charge is 0.330 e. The Morgan fingerprint density at radius 3 is 2.38 bits per heavy atom. The zero-order valence-electron chi connectivity index (χ0n) is 8.55. The molecule has 4 N–H and O–H groups in total. The molecule has 0 heterocycles. The molecule has 0 aliphatic heterocycles. The quantitative estimate of drug-likeness (QED) is 0.835. The van der Waals surface area contributed by atoms with Gasteiger partial charge in [-0.3, -0.25) is 0 Å². The van der Waals surface area contributed by atoms with Gasteiger partial charge in [-0.25, -0.2) is 4.39 Å². The maximum absolute atomic E-state index is 13.6. The SMILES string of the molecule is Cl.NCCC[C@@H](N)c1c(Cl)ccc(Cl)c1F. The van der Waals surface area contributed by atoms with Crippen LogP contribution in [-0.2, 0) is 0 Å². The molecule has 0 aromatic heterocycles. The van der Waals surface area contributed by atoms with Crippen LogP contribution in [0.15, 0.2) is 12.1 Å². The van der Waals surface area contributed by atoms with Crippen LogP contribution in [0.3, 0.4) is 0 Å². The minimum atomic E-state index is -0.534. The Kier molecular flexibility index (Phi) is 7.27. The molecule has 16 heavy (non-hydrogen) atoms. The fourth-order valence-corrected chi connectivity index (χ4v) is 1.82. The average Bonchev–Trinajstić information content (AvgIpc) is 2.21. The predicted octanol–water partition coefficient (Wildman–Crippen LogP) is 3.29. The lowest BCUT2D eigenvalue weighted by atomic mass is 10.0. The highest BCUT2D eigenvalue weighted by atomic mass is 35.5. The first kappa shape index (κ1) is 15.9. The van der Waals surface area contributed by atoms with Crippen molar-refractivity contribution >= 4 is 35.6 Å². The summed E-state index contributed by atoms with van der Waals surface area (Å²) in [7, 11) is 0. The van der Waals surface area contributed by atoms with Crippen molar-refractivity contribution in [3.8, 4) is 0 Å². The minimum absolute atomic E-state index is 0. The zero-order chi connectivity index (χ0) is 11.4. The van der Waals surface area contributed by atoms with Crippen LogP contribution in [-0.4, -0.2) is 6.54 Å². The molecule has 0 aliphatic rings. The van der Waals surface area contributed by atoms with E-state index < -0.39 is 11.9 Å². The highest BCUT2D eigenvalue weighted by molar-refractivity contribution is 6.33. The van der Waals surface area contributed by atoms with E-state index in [0.29, 0.717) is 18.0 Å². The van der Waals surface area contributed by atoms with E-state index in [2.05, 4.69) is 0 Å². The molecular formula is C10H14Cl3FN2. The van der Waals surface area contributed by atoms with Crippen molar-refractivity contribution in [2.75, 3.05) is 6.54 Å². The first-order chi connectivity index (χ1) is 7.07. The molecular weight excluding hydrogens is 273 g/mol. The summed E-state index contributed by atoms with van der Waals surface area (Å²) >= 11 is 11.5. The van der Waals surface area contributed by atoms with Gasteiger partial charge in [-0.05, 0) is 31.5 Å². The van der Waals surface area contributed by atoms with E-state index in [1.54, 1.807) is 6.07 Å². The van der Waals surface area contributed by atoms with Crippen LogP contribution in [0.1, 0.15) is 24.4 Å². The maximum Gasteiger partial charge on any atom is 0.148 e. The fraction of sp³-hybridized carbons (Fsp3) is 0.400. The second-order valence-corrected chi connectivity index (χ2v) is 4.11. The molecule has 6 heteroatoms. The van der Waals surface area contributed by atoms with Gasteiger partial charge in [-0.2, -0.15) is 0 Å². The van der Waals surface area contributed by atoms with Gasteiger partial charge in [0, 0.05) is 16.6 Å². The maximum atomic E-state index is 13.6. The summed E-state index contributed by atoms with van der Waals surface area (Å²) in [6.07, 6.45) is 1.32. The van der Waals surface area contributed by atoms with E-state index in [-0.39, 0.29) is 23.0 Å². The van der Waals surface area contributed by atoms with Crippen molar-refractivity contribution in [2.45, 2.75) is 18.9 Å². The lowest BCUT2D eigenvalue weighted by Crippen LogP contribution is -2.14. The second kappa shape index (κ2) is 7.30. The van der Waals surface area contributed by atoms with E-state index in [4.69, 9.17) is 34.7 Å². The van der Waals surface area contributed by atoms with Crippen LogP contribution in [0, 0.1) is 5.82 Å². The lowest BCUT2D eigenvalue weighted by molar-refractivity contribution is 0.554. The Bertz CT molecular complexity index is 347. The summed E-state index contributed by atoms with van der Waals surface area (Å²) in [5.74, 6) is -0.534. The van der Waals surface area contributed by atoms with Crippen LogP contribution in [0.4, 0.5) is 4.39 Å². The topological polar surface area (TPSA) is 52.0 Å². The number of halogens is 4. The Hall–Kier alpha value is -0.0600. The standard InChI is InChI=1S/C10H13Cl2FN2.ClH/c11-6-3-4-7(12)10(13)9(6)8(15)2-1-5-14;/h3-4,8H,1-2,5,14-15H2;1H/t8-;/m1./s1. The van der Waals surface area contributed by atoms with Crippen molar-refractivity contribution in [1.29, 1.82) is 0 Å². The second-order valence-electron chi connectivity index (χ2n) is 3.29. The molecule has 0 aliphatic carbocycles. The van der Waals surface area contributed by atoms with Gasteiger partial charge in [-0.1, -0.05) is 23.2 Å². The van der Waals surface area contributed by atoms with Crippen molar-refractivity contribution < 1.29 is 4.39 Å². The molecule has 0 fully saturated rings. The van der Waals surface area contributed by atoms with Crippen LogP contribution in [0.2, 0.25) is 10.0 Å². The summed E-state index contributed by atoms with van der Waals surface area (Å²) in [6.45, 7) is 0.521. The average molecular weight is 288 g/mol. The third-order valence-electron chi connectivity index (χ3n) is 2.17. The summed E-state index contributed by atoms with van der Waals surface area (Å²) in [5, 5.41) is 0.346. The zero-order valence-corrected chi connectivity index (χ0v) is 10.9. The molecule has 2 nitrogen and oxygen atoms in total. The van der Waals surface area contributed by atoms with E-state index in [0.717, 1.165) is 6.42 Å². The first-order valence-corrected chi connectivity index (χ1v) is 5.42. The highest BCUT2D eigenvalue weighted by Crippen LogP contribution is 2.31. The monoisotopic (exact) mass is 286 g/mol. The smallest absolute Gasteiger partial charge is 0.148 e. The van der Waals surface area contributed by atoms with Gasteiger partial charge in [0.25, 0.3) is 0 Å². The number of nitrogens with two attached hydrogens (primary N) is 2. The van der Waals surface area contributed by atoms with Gasteiger partial charge in [0.2, 0.25) is 0 Å². The number of hydrogen-bond donors (Lipinski definition) is 2. The van der Waals surface area contributed by atoms with E-state index in [1.165, 1.54) is 6.07 Å². The van der Waals surface area contributed by atoms with Crippen molar-refractivity contribution in [2.24, 2.45) is 11.5 Å². The van der Waals surface area contributed by atoms with Gasteiger partial charge in [0.1, 0.15) is 5.82 Å². The fourth-order valence-electron chi connectivity index (χ4n) is 1.36. The molecule has 0 spiro atoms. The van der Waals surface area contributed by atoms with E-state index in [1.807, 2.05) is 0 Å². The van der Waals surface area contributed by atoms with Gasteiger partial charge in [-0.15, -0.1) is 12.4 Å². The van der Waals surface area contributed by atoms with Gasteiger partial charge < -0.3 is 11.5 Å². The van der Waals surface area contributed by atoms with Crippen LogP contribution >= 0.6 is 35.6 Å². The predicted molar refractivity (Wildman–Crippen MR) is 68.9 cm³/mol. The Balaban J connectivity index is 0.00000225. The molecule has 92 valence electrons. The van der Waals surface area contributed by atoms with Gasteiger partial charge in [0.15, 0.2) is 0 Å². The van der Waals surface area contributed by atoms with Crippen LogP contribution in [0.5, 0.6) is 0 Å². The van der Waals surface area contributed by atoms with Crippen molar-refractivity contribution in [3.63, 3.8) is 0 Å². The van der Waals surface area contributed by atoms with E-state index >= 15 is 0 Å². The summed E-state index contributed by atoms with van der Waals surface area (Å²) in [5.41, 5.74) is 11.4. The number of benzene rings is 1. The normalized spacial score (nSPS) is 12.1. The van der Waals surface area contributed by atoms with Gasteiger partial charge in [0.05, 0.1) is 5.02 Å². The summed E-state index contributed by atoms with van der Waals surface area (Å²) in [6, 6.07) is 2.50. The molecule has 0 unspecified atom stereocenters. The molecule has 1 atom stereocenters. The molecule has 0 saturated carbocycles. The molecule has 1 aromatic rings. The molecule has 1 rings (SSSR count). The van der Waals surface area contributed by atoms with Crippen molar-refractivity contribution in [3.05, 3.63) is 33.6 Å². The molecule has 0 saturated heterocycles. The Labute approximate surface area is 110 Å². The molecule has 0 radical (unpaired) electrons. The third-order valence-corrected chi connectivity index (χ3v) is 2.79. The Morgan fingerprint density at radius 1 is 1.25 bits per heavy atom. The van der Waals surface area contributed by atoms with Gasteiger partial charge >= 0.3 is 0 Å². The third kappa shape index (κ3) is 3.75.